The third kappa shape index (κ3) is 9.23. The molecule has 13 rings (SSSR count). The van der Waals surface area contributed by atoms with Crippen LogP contribution in [-0.2, 0) is 42.8 Å². The van der Waals surface area contributed by atoms with Crippen LogP contribution in [0.15, 0.2) is 72.8 Å². The molecule has 0 N–H and O–H groups in total. The van der Waals surface area contributed by atoms with Gasteiger partial charge in [0.05, 0.1) is 17.0 Å². The monoisotopic (exact) mass is 1160 g/mol. The fraction of sp³-hybridized carbons (Fsp3) is 0.530. The van der Waals surface area contributed by atoms with Crippen LogP contribution in [0.4, 0.5) is 13.2 Å². The Morgan fingerprint density at radius 2 is 0.740 bits per heavy atom. The van der Waals surface area contributed by atoms with Gasteiger partial charge in [-0.05, 0) is 215 Å². The molecule has 0 amide bonds. The Morgan fingerprint density at radius 1 is 0.438 bits per heavy atom. The maximum Gasteiger partial charge on any atom is 4.00 e. The number of pyridine rings is 1. The normalized spacial score (nSPS) is 32.7. The zero-order valence-electron chi connectivity index (χ0n) is 46.5. The van der Waals surface area contributed by atoms with Crippen LogP contribution >= 0.6 is 0 Å². The van der Waals surface area contributed by atoms with Crippen LogP contribution in [0.3, 0.4) is 0 Å². The van der Waals surface area contributed by atoms with Gasteiger partial charge in [0.25, 0.3) is 0 Å². The third-order valence-electron chi connectivity index (χ3n) is 19.0. The summed E-state index contributed by atoms with van der Waals surface area (Å²) in [7, 11) is 0. The third-order valence-corrected chi connectivity index (χ3v) is 19.0. The summed E-state index contributed by atoms with van der Waals surface area (Å²) >= 11 is 0. The van der Waals surface area contributed by atoms with E-state index in [1.807, 2.05) is 48.5 Å². The molecule has 0 spiro atoms. The van der Waals surface area contributed by atoms with Crippen LogP contribution in [-0.4, -0.2) is 4.98 Å². The number of benzene rings is 4. The predicted molar refractivity (Wildman–Crippen MR) is 288 cm³/mol. The molecule has 8 fully saturated rings. The van der Waals surface area contributed by atoms with E-state index in [0.29, 0.717) is 33.4 Å². The Hall–Kier alpha value is -3.71. The van der Waals surface area contributed by atoms with E-state index in [9.17, 15) is 0 Å². The molecule has 8 aliphatic rings. The number of alkyl halides is 3. The van der Waals surface area contributed by atoms with Crippen LogP contribution < -0.4 is 10.2 Å². The van der Waals surface area contributed by atoms with Gasteiger partial charge in [0, 0.05) is 11.1 Å². The Kier molecular flexibility index (Phi) is 13.4. The van der Waals surface area contributed by atoms with Gasteiger partial charge in [0.2, 0.25) is 0 Å². The van der Waals surface area contributed by atoms with E-state index in [-0.39, 0.29) is 119 Å². The summed E-state index contributed by atoms with van der Waals surface area (Å²) in [6.45, 7) is 27.0. The maximum atomic E-state index is 15.6. The van der Waals surface area contributed by atoms with Gasteiger partial charge in [-0.25, -0.2) is 4.98 Å². The van der Waals surface area contributed by atoms with Crippen molar-refractivity contribution >= 4 is 0 Å². The molecule has 1 aromatic heterocycles. The van der Waals surface area contributed by atoms with Crippen LogP contribution in [0.2, 0.25) is 0 Å². The average molecular weight is 1150 g/mol. The van der Waals surface area contributed by atoms with Gasteiger partial charge in [-0.1, -0.05) is 140 Å². The topological polar surface area (TPSA) is 59.0 Å². The summed E-state index contributed by atoms with van der Waals surface area (Å²) < 4.78 is 46.7. The molecule has 8 aliphatic carbocycles. The molecular weight excluding hydrogens is 1070 g/mol. The largest absolute Gasteiger partial charge is 4.00 e. The summed E-state index contributed by atoms with van der Waals surface area (Å²) in [5, 5.41) is 31.0. The fourth-order valence-corrected chi connectivity index (χ4v) is 19.6. The first-order valence-corrected chi connectivity index (χ1v) is 26.5. The summed E-state index contributed by atoms with van der Waals surface area (Å²) in [5.74, 6) is 0.0915. The van der Waals surface area contributed by atoms with E-state index < -0.39 is 11.7 Å². The van der Waals surface area contributed by atoms with E-state index in [1.165, 1.54) is 50.7 Å². The maximum absolute atomic E-state index is 15.6. The molecule has 5 aromatic rings. The van der Waals surface area contributed by atoms with Gasteiger partial charge in [-0.15, -0.1) is 0 Å². The van der Waals surface area contributed by atoms with Gasteiger partial charge in [-0.3, -0.25) is 0 Å². The standard InChI is InChI=1S/C64H76F3NO2.2CH3.Hf/c1-37(2)41-13-15-44(48-17-39(5)19-50(54(48)69)62-31-56(7)25-57(8,32-62)27-58(9,26-56)33-62)46(21-41)52-23-43(64(65,66)67)24-53(68-52)47-22-42(38(3)4)14-16-45(47)49-18-40(6)20-51(55(49)70)63-34-59(10)28-60(11,35-63)30-61(12,29-59)36-63;;;/h13-24,37-38,69-70H,25-36H2,1-12H3;2*1H3;/q;2*-1;+4/p-2. The summed E-state index contributed by atoms with van der Waals surface area (Å²) in [4.78, 5) is 5.27. The number of nitrogens with zero attached hydrogens (tertiary/aromatic N) is 1. The molecule has 1 heterocycles. The molecule has 3 nitrogen and oxygen atoms in total. The Labute approximate surface area is 455 Å². The molecule has 0 saturated heterocycles. The molecule has 0 atom stereocenters. The first-order valence-electron chi connectivity index (χ1n) is 26.5. The second-order valence-electron chi connectivity index (χ2n) is 28.0. The van der Waals surface area contributed by atoms with Crippen molar-refractivity contribution in [1.82, 2.24) is 4.98 Å². The van der Waals surface area contributed by atoms with Crippen molar-refractivity contribution in [2.24, 2.45) is 32.5 Å². The second kappa shape index (κ2) is 17.7. The van der Waals surface area contributed by atoms with Gasteiger partial charge in [-0.2, -0.15) is 13.2 Å². The van der Waals surface area contributed by atoms with Gasteiger partial charge < -0.3 is 25.1 Å². The molecule has 0 unspecified atom stereocenters. The SMILES string of the molecule is Cc1cc(-c2ccc(C(C)C)cc2-c2cc(C(F)(F)F)cc(-c3cc(C(C)C)ccc3-c3cc(C)cc(C45CC6(C)CC(C)(CC(C)(C6)C4)C5)c3[O-])n2)c([O-])c(C23CC4(C)CC(C)(CC(C)(C4)C2)C3)c1.[CH3-].[CH3-].[Hf+4]. The first kappa shape index (κ1) is 55.5. The smallest absolute Gasteiger partial charge is 0.872 e. The summed E-state index contributed by atoms with van der Waals surface area (Å²) in [6, 6.07) is 22.3. The van der Waals surface area contributed by atoms with Crippen molar-refractivity contribution in [3.05, 3.63) is 127 Å². The number of hydrogen-bond donors (Lipinski definition) is 0. The first-order chi connectivity index (χ1) is 32.5. The van der Waals surface area contributed by atoms with Crippen molar-refractivity contribution in [3.8, 4) is 56.3 Å². The van der Waals surface area contributed by atoms with Crippen molar-refractivity contribution in [3.63, 3.8) is 0 Å². The van der Waals surface area contributed by atoms with Crippen LogP contribution in [0.1, 0.15) is 197 Å². The summed E-state index contributed by atoms with van der Waals surface area (Å²) in [6.07, 6.45) is 8.22. The van der Waals surface area contributed by atoms with E-state index >= 15 is 23.4 Å². The molecule has 73 heavy (non-hydrogen) atoms. The van der Waals surface area contributed by atoms with Crippen molar-refractivity contribution < 1.29 is 49.2 Å². The fourth-order valence-electron chi connectivity index (χ4n) is 19.6. The van der Waals surface area contributed by atoms with Crippen LogP contribution in [0, 0.1) is 61.2 Å². The van der Waals surface area contributed by atoms with Gasteiger partial charge in [0.15, 0.2) is 0 Å². The van der Waals surface area contributed by atoms with Gasteiger partial charge >= 0.3 is 32.0 Å². The second-order valence-corrected chi connectivity index (χ2v) is 28.0. The van der Waals surface area contributed by atoms with E-state index in [1.54, 1.807) is 0 Å². The molecule has 4 aromatic carbocycles. The van der Waals surface area contributed by atoms with E-state index in [4.69, 9.17) is 4.98 Å². The number of rotatable bonds is 8. The minimum absolute atomic E-state index is 0. The van der Waals surface area contributed by atoms with Crippen LogP contribution in [0.5, 0.6) is 11.5 Å². The molecular formula is C66H80F3HfNO2. The molecule has 8 bridgehead atoms. The number of hydrogen-bond acceptors (Lipinski definition) is 3. The van der Waals surface area contributed by atoms with Crippen molar-refractivity contribution in [2.45, 2.75) is 189 Å². The zero-order valence-corrected chi connectivity index (χ0v) is 50.1. The van der Waals surface area contributed by atoms with E-state index in [0.717, 1.165) is 71.9 Å². The average Bonchev–Trinajstić information content (AvgIpc) is 3.20. The van der Waals surface area contributed by atoms with Crippen molar-refractivity contribution in [1.29, 1.82) is 0 Å². The molecule has 7 heteroatoms. The minimum Gasteiger partial charge on any atom is -0.872 e. The number of aromatic nitrogens is 1. The van der Waals surface area contributed by atoms with E-state index in [2.05, 4.69) is 95.2 Å². The van der Waals surface area contributed by atoms with Crippen molar-refractivity contribution in [2.75, 3.05) is 0 Å². The quantitative estimate of drug-likeness (QED) is 0.115. The Morgan fingerprint density at radius 3 is 1.01 bits per heavy atom. The predicted octanol–water partition coefficient (Wildman–Crippen LogP) is 18.0. The Balaban J connectivity index is 0.00000237. The minimum atomic E-state index is -4.71. The van der Waals surface area contributed by atoms with Gasteiger partial charge in [0.1, 0.15) is 0 Å². The van der Waals surface area contributed by atoms with Crippen LogP contribution in [0.25, 0.3) is 44.8 Å². The summed E-state index contributed by atoms with van der Waals surface area (Å²) in [5.41, 5.74) is 8.70. The number of aryl methyl sites for hydroxylation is 2. The Bertz CT molecular complexity index is 2720. The molecule has 8 saturated carbocycles. The molecule has 0 aliphatic heterocycles. The molecule has 386 valence electrons. The zero-order chi connectivity index (χ0) is 50.1. The molecule has 0 radical (unpaired) electrons. The number of halogens is 3.